The van der Waals surface area contributed by atoms with Gasteiger partial charge in [0.1, 0.15) is 5.75 Å². The van der Waals surface area contributed by atoms with Crippen molar-refractivity contribution in [3.05, 3.63) is 63.7 Å². The SMILES string of the molecule is Cc1ccc(C)c(OCCC(=O)OC(C)C(=O)Nc2cccc([N+](=O)[O-])c2)c1. The van der Waals surface area contributed by atoms with Crippen LogP contribution in [0.4, 0.5) is 11.4 Å². The van der Waals surface area contributed by atoms with Crippen LogP contribution in [0.1, 0.15) is 24.5 Å². The Morgan fingerprint density at radius 1 is 1.18 bits per heavy atom. The Bertz CT molecular complexity index is 881. The molecule has 0 spiro atoms. The van der Waals surface area contributed by atoms with E-state index in [0.717, 1.165) is 11.1 Å². The molecule has 0 aliphatic heterocycles. The van der Waals surface area contributed by atoms with Crippen LogP contribution in [0.15, 0.2) is 42.5 Å². The highest BCUT2D eigenvalue weighted by Crippen LogP contribution is 2.19. The maximum Gasteiger partial charge on any atom is 0.310 e. The monoisotopic (exact) mass is 386 g/mol. The van der Waals surface area contributed by atoms with E-state index < -0.39 is 22.9 Å². The average molecular weight is 386 g/mol. The number of hydrogen-bond acceptors (Lipinski definition) is 6. The van der Waals surface area contributed by atoms with E-state index in [1.54, 1.807) is 0 Å². The number of carbonyl (C=O) groups excluding carboxylic acids is 2. The first-order valence-corrected chi connectivity index (χ1v) is 8.71. The molecule has 8 heteroatoms. The Morgan fingerprint density at radius 3 is 2.64 bits per heavy atom. The number of esters is 1. The van der Waals surface area contributed by atoms with Crippen LogP contribution < -0.4 is 10.1 Å². The third-order valence-electron chi connectivity index (χ3n) is 3.91. The summed E-state index contributed by atoms with van der Waals surface area (Å²) in [6.07, 6.45) is -1.06. The minimum absolute atomic E-state index is 0.0121. The summed E-state index contributed by atoms with van der Waals surface area (Å²) in [5, 5.41) is 13.3. The quantitative estimate of drug-likeness (QED) is 0.422. The fourth-order valence-corrected chi connectivity index (χ4v) is 2.36. The normalized spacial score (nSPS) is 11.4. The first kappa shape index (κ1) is 20.9. The predicted molar refractivity (Wildman–Crippen MR) is 103 cm³/mol. The van der Waals surface area contributed by atoms with Crippen molar-refractivity contribution in [3.8, 4) is 5.75 Å². The van der Waals surface area contributed by atoms with Gasteiger partial charge in [-0.1, -0.05) is 18.2 Å². The van der Waals surface area contributed by atoms with E-state index in [2.05, 4.69) is 5.32 Å². The van der Waals surface area contributed by atoms with E-state index in [0.29, 0.717) is 5.75 Å². The number of nitrogens with one attached hydrogen (secondary N) is 1. The van der Waals surface area contributed by atoms with Crippen LogP contribution in [-0.4, -0.2) is 29.5 Å². The van der Waals surface area contributed by atoms with E-state index in [-0.39, 0.29) is 24.4 Å². The van der Waals surface area contributed by atoms with Gasteiger partial charge in [0, 0.05) is 17.8 Å². The van der Waals surface area contributed by atoms with E-state index in [4.69, 9.17) is 9.47 Å². The summed E-state index contributed by atoms with van der Waals surface area (Å²) in [5.41, 5.74) is 2.12. The number of aryl methyl sites for hydroxylation is 2. The summed E-state index contributed by atoms with van der Waals surface area (Å²) in [7, 11) is 0. The number of hydrogen-bond donors (Lipinski definition) is 1. The molecular formula is C20H22N2O6. The molecule has 0 bridgehead atoms. The van der Waals surface area contributed by atoms with Crippen molar-refractivity contribution in [1.29, 1.82) is 0 Å². The van der Waals surface area contributed by atoms with Crippen molar-refractivity contribution in [2.75, 3.05) is 11.9 Å². The second kappa shape index (κ2) is 9.50. The number of nitro groups is 1. The van der Waals surface area contributed by atoms with Crippen LogP contribution in [0.2, 0.25) is 0 Å². The topological polar surface area (TPSA) is 108 Å². The fraction of sp³-hybridized carbons (Fsp3) is 0.300. The van der Waals surface area contributed by atoms with E-state index in [9.17, 15) is 19.7 Å². The first-order chi connectivity index (χ1) is 13.3. The zero-order chi connectivity index (χ0) is 20.7. The van der Waals surface area contributed by atoms with Gasteiger partial charge in [-0.05, 0) is 44.0 Å². The lowest BCUT2D eigenvalue weighted by Crippen LogP contribution is -2.30. The Labute approximate surface area is 162 Å². The lowest BCUT2D eigenvalue weighted by Gasteiger charge is -2.14. The molecule has 1 amide bonds. The Balaban J connectivity index is 1.81. The predicted octanol–water partition coefficient (Wildman–Crippen LogP) is 3.55. The molecule has 1 unspecified atom stereocenters. The van der Waals surface area contributed by atoms with Gasteiger partial charge < -0.3 is 14.8 Å². The van der Waals surface area contributed by atoms with E-state index in [1.165, 1.54) is 31.2 Å². The van der Waals surface area contributed by atoms with E-state index in [1.807, 2.05) is 32.0 Å². The summed E-state index contributed by atoms with van der Waals surface area (Å²) >= 11 is 0. The number of nitro benzene ring substituents is 1. The lowest BCUT2D eigenvalue weighted by atomic mass is 10.1. The third kappa shape index (κ3) is 6.08. The Hall–Kier alpha value is -3.42. The molecule has 148 valence electrons. The standard InChI is InChI=1S/C20H22N2O6/c1-13-7-8-14(2)18(11-13)27-10-9-19(23)28-15(3)20(24)21-16-5-4-6-17(12-16)22(25)26/h4-8,11-12,15H,9-10H2,1-3H3,(H,21,24). The summed E-state index contributed by atoms with van der Waals surface area (Å²) in [5.74, 6) is -0.458. The molecule has 1 N–H and O–H groups in total. The largest absolute Gasteiger partial charge is 0.493 e. The molecule has 28 heavy (non-hydrogen) atoms. The smallest absolute Gasteiger partial charge is 0.310 e. The van der Waals surface area contributed by atoms with Crippen LogP contribution in [-0.2, 0) is 14.3 Å². The Kier molecular flexibility index (Phi) is 7.08. The molecule has 0 radical (unpaired) electrons. The summed E-state index contributed by atoms with van der Waals surface area (Å²) < 4.78 is 10.7. The van der Waals surface area contributed by atoms with Gasteiger partial charge in [-0.3, -0.25) is 19.7 Å². The zero-order valence-electron chi connectivity index (χ0n) is 15.9. The molecule has 0 aromatic heterocycles. The number of non-ortho nitro benzene ring substituents is 1. The molecule has 8 nitrogen and oxygen atoms in total. The lowest BCUT2D eigenvalue weighted by molar-refractivity contribution is -0.384. The number of anilines is 1. The molecule has 0 saturated carbocycles. The van der Waals surface area contributed by atoms with Gasteiger partial charge in [0.2, 0.25) is 0 Å². The van der Waals surface area contributed by atoms with Gasteiger partial charge in [0.05, 0.1) is 18.0 Å². The second-order valence-corrected chi connectivity index (χ2v) is 6.30. The molecule has 0 fully saturated rings. The van der Waals surface area contributed by atoms with Crippen molar-refractivity contribution < 1.29 is 24.0 Å². The van der Waals surface area contributed by atoms with Crippen LogP contribution in [0.5, 0.6) is 5.75 Å². The number of benzene rings is 2. The van der Waals surface area contributed by atoms with Gasteiger partial charge in [-0.2, -0.15) is 0 Å². The molecule has 0 heterocycles. The maximum atomic E-state index is 12.1. The minimum atomic E-state index is -1.05. The molecule has 0 aliphatic rings. The van der Waals surface area contributed by atoms with Crippen LogP contribution >= 0.6 is 0 Å². The van der Waals surface area contributed by atoms with Crippen molar-refractivity contribution >= 4 is 23.3 Å². The summed E-state index contributed by atoms with van der Waals surface area (Å²) in [6, 6.07) is 11.3. The zero-order valence-corrected chi connectivity index (χ0v) is 15.9. The summed E-state index contributed by atoms with van der Waals surface area (Å²) in [6.45, 7) is 5.41. The van der Waals surface area contributed by atoms with Gasteiger partial charge in [-0.15, -0.1) is 0 Å². The van der Waals surface area contributed by atoms with Crippen LogP contribution in [0, 0.1) is 24.0 Å². The van der Waals surface area contributed by atoms with Crippen molar-refractivity contribution in [2.45, 2.75) is 33.3 Å². The minimum Gasteiger partial charge on any atom is -0.493 e. The number of rotatable bonds is 8. The van der Waals surface area contributed by atoms with Gasteiger partial charge in [-0.25, -0.2) is 0 Å². The molecule has 0 aliphatic carbocycles. The molecular weight excluding hydrogens is 364 g/mol. The van der Waals surface area contributed by atoms with Crippen molar-refractivity contribution in [3.63, 3.8) is 0 Å². The van der Waals surface area contributed by atoms with Gasteiger partial charge >= 0.3 is 5.97 Å². The number of ether oxygens (including phenoxy) is 2. The molecule has 2 aromatic rings. The highest BCUT2D eigenvalue weighted by molar-refractivity contribution is 5.95. The van der Waals surface area contributed by atoms with Crippen LogP contribution in [0.25, 0.3) is 0 Å². The molecule has 2 aromatic carbocycles. The Morgan fingerprint density at radius 2 is 1.93 bits per heavy atom. The number of carbonyl (C=O) groups is 2. The highest BCUT2D eigenvalue weighted by Gasteiger charge is 2.19. The van der Waals surface area contributed by atoms with Gasteiger partial charge in [0.15, 0.2) is 6.10 Å². The third-order valence-corrected chi connectivity index (χ3v) is 3.91. The highest BCUT2D eigenvalue weighted by atomic mass is 16.6. The van der Waals surface area contributed by atoms with Crippen molar-refractivity contribution in [2.24, 2.45) is 0 Å². The second-order valence-electron chi connectivity index (χ2n) is 6.30. The number of amides is 1. The summed E-state index contributed by atoms with van der Waals surface area (Å²) in [4.78, 5) is 34.3. The molecule has 0 saturated heterocycles. The fourth-order valence-electron chi connectivity index (χ4n) is 2.36. The number of nitrogens with zero attached hydrogens (tertiary/aromatic N) is 1. The maximum absolute atomic E-state index is 12.1. The average Bonchev–Trinajstić information content (AvgIpc) is 2.64. The molecule has 2 rings (SSSR count). The van der Waals surface area contributed by atoms with Gasteiger partial charge in [0.25, 0.3) is 11.6 Å². The van der Waals surface area contributed by atoms with Crippen LogP contribution in [0.3, 0.4) is 0 Å². The van der Waals surface area contributed by atoms with E-state index >= 15 is 0 Å². The van der Waals surface area contributed by atoms with Crippen molar-refractivity contribution in [1.82, 2.24) is 0 Å². The first-order valence-electron chi connectivity index (χ1n) is 8.71. The molecule has 1 atom stereocenters.